The first kappa shape index (κ1) is 11.2. The summed E-state index contributed by atoms with van der Waals surface area (Å²) in [5.41, 5.74) is 0.733. The monoisotopic (exact) mass is 260 g/mol. The number of rotatable bonds is 7. The van der Waals surface area contributed by atoms with Gasteiger partial charge in [-0.15, -0.1) is 0 Å². The van der Waals surface area contributed by atoms with Crippen LogP contribution in [-0.2, 0) is 0 Å². The second kappa shape index (κ2) is 4.38. The van der Waals surface area contributed by atoms with Crippen molar-refractivity contribution in [1.82, 2.24) is 0 Å². The zero-order valence-corrected chi connectivity index (χ0v) is 11.9. The van der Waals surface area contributed by atoms with Crippen molar-refractivity contribution in [3.05, 3.63) is 0 Å². The molecule has 3 heterocycles. The highest BCUT2D eigenvalue weighted by Gasteiger charge is 2.43. The predicted molar refractivity (Wildman–Crippen MR) is 75.3 cm³/mol. The summed E-state index contributed by atoms with van der Waals surface area (Å²) in [7, 11) is 0. The lowest BCUT2D eigenvalue weighted by atomic mass is 9.73. The van der Waals surface area contributed by atoms with Gasteiger partial charge >= 0.3 is 0 Å². The topological polar surface area (TPSA) is 0 Å². The Kier molecular flexibility index (Phi) is 3.26. The van der Waals surface area contributed by atoms with Crippen LogP contribution in [0, 0.1) is 5.41 Å². The maximum atomic E-state index is 2.44. The summed E-state index contributed by atoms with van der Waals surface area (Å²) in [6.45, 7) is 2.44. The van der Waals surface area contributed by atoms with E-state index >= 15 is 0 Å². The Bertz CT molecular complexity index is 193. The van der Waals surface area contributed by atoms with Crippen LogP contribution in [0.3, 0.4) is 0 Å². The van der Waals surface area contributed by atoms with Gasteiger partial charge in [0.2, 0.25) is 0 Å². The molecule has 0 aromatic rings. The summed E-state index contributed by atoms with van der Waals surface area (Å²) in [6, 6.07) is 0. The Balaban J connectivity index is 1.62. The van der Waals surface area contributed by atoms with Gasteiger partial charge in [-0.1, -0.05) is 13.3 Å². The molecule has 0 spiro atoms. The highest BCUT2D eigenvalue weighted by molar-refractivity contribution is 8.07. The van der Waals surface area contributed by atoms with E-state index in [-0.39, 0.29) is 0 Å². The van der Waals surface area contributed by atoms with Crippen molar-refractivity contribution in [1.29, 1.82) is 0 Å². The van der Waals surface area contributed by atoms with Crippen LogP contribution in [0.5, 0.6) is 0 Å². The Morgan fingerprint density at radius 3 is 1.40 bits per heavy atom. The van der Waals surface area contributed by atoms with Crippen LogP contribution in [0.2, 0.25) is 0 Å². The molecule has 3 heteroatoms. The predicted octanol–water partition coefficient (Wildman–Crippen LogP) is 3.90. The second-order valence-corrected chi connectivity index (χ2v) is 9.33. The zero-order chi connectivity index (χ0) is 10.3. The van der Waals surface area contributed by atoms with Crippen LogP contribution in [0.15, 0.2) is 0 Å². The second-order valence-electron chi connectivity index (χ2n) is 5.33. The summed E-state index contributed by atoms with van der Waals surface area (Å²) < 4.78 is 0. The average Bonchev–Trinajstić information content (AvgIpc) is 3.04. The zero-order valence-electron chi connectivity index (χ0n) is 9.41. The molecule has 3 saturated heterocycles. The third kappa shape index (κ3) is 3.26. The first-order valence-corrected chi connectivity index (χ1v) is 9.29. The molecular formula is C12H20S3. The Morgan fingerprint density at radius 2 is 1.20 bits per heavy atom. The van der Waals surface area contributed by atoms with Crippen molar-refractivity contribution in [2.75, 3.05) is 17.3 Å². The smallest absolute Gasteiger partial charge is 0.0143 e. The van der Waals surface area contributed by atoms with Gasteiger partial charge in [0.15, 0.2) is 0 Å². The van der Waals surface area contributed by atoms with Gasteiger partial charge in [0.05, 0.1) is 0 Å². The summed E-state index contributed by atoms with van der Waals surface area (Å²) in [5, 5.41) is 3.12. The van der Waals surface area contributed by atoms with Crippen LogP contribution in [0.1, 0.15) is 32.6 Å². The molecule has 0 nitrogen and oxygen atoms in total. The maximum absolute atomic E-state index is 2.44. The summed E-state index contributed by atoms with van der Waals surface area (Å²) >= 11 is 6.58. The normalized spacial score (nSPS) is 41.0. The van der Waals surface area contributed by atoms with Crippen molar-refractivity contribution >= 4 is 35.3 Å². The highest BCUT2D eigenvalue weighted by atomic mass is 32.2. The molecule has 3 fully saturated rings. The van der Waals surface area contributed by atoms with E-state index < -0.39 is 0 Å². The van der Waals surface area contributed by atoms with Crippen LogP contribution >= 0.6 is 35.3 Å². The SMILES string of the molecule is CCC(CC1CS1)(CC1CS1)CC1CS1. The van der Waals surface area contributed by atoms with E-state index in [1.165, 1.54) is 42.9 Å². The van der Waals surface area contributed by atoms with Gasteiger partial charge in [0.25, 0.3) is 0 Å². The van der Waals surface area contributed by atoms with Crippen molar-refractivity contribution in [2.24, 2.45) is 5.41 Å². The summed E-state index contributed by atoms with van der Waals surface area (Å²) in [4.78, 5) is 0. The molecule has 86 valence electrons. The molecule has 0 radical (unpaired) electrons. The minimum absolute atomic E-state index is 0.733. The standard InChI is InChI=1S/C12H20S3/c1-2-12(3-9-6-13-9,4-10-7-14-10)5-11-8-15-11/h9-11H,2-8H2,1H3. The van der Waals surface area contributed by atoms with Gasteiger partial charge in [-0.05, 0) is 24.7 Å². The molecule has 0 aliphatic carbocycles. The Labute approximate surface area is 106 Å². The fraction of sp³-hybridized carbons (Fsp3) is 1.00. The van der Waals surface area contributed by atoms with Gasteiger partial charge in [0.1, 0.15) is 0 Å². The van der Waals surface area contributed by atoms with Gasteiger partial charge in [-0.25, -0.2) is 0 Å². The lowest BCUT2D eigenvalue weighted by Crippen LogP contribution is -2.25. The fourth-order valence-corrected chi connectivity index (χ4v) is 4.87. The summed E-state index contributed by atoms with van der Waals surface area (Å²) in [6.07, 6.45) is 6.02. The lowest BCUT2D eigenvalue weighted by Gasteiger charge is -2.32. The number of hydrogen-bond donors (Lipinski definition) is 0. The maximum Gasteiger partial charge on any atom is 0.0143 e. The Hall–Kier alpha value is 1.05. The molecular weight excluding hydrogens is 240 g/mol. The van der Waals surface area contributed by atoms with E-state index in [1.54, 1.807) is 0 Å². The van der Waals surface area contributed by atoms with Crippen LogP contribution in [0.25, 0.3) is 0 Å². The third-order valence-corrected chi connectivity index (χ3v) is 6.85. The summed E-state index contributed by atoms with van der Waals surface area (Å²) in [5.74, 6) is 4.37. The molecule has 3 unspecified atom stereocenters. The molecule has 3 atom stereocenters. The van der Waals surface area contributed by atoms with E-state index in [9.17, 15) is 0 Å². The molecule has 0 saturated carbocycles. The van der Waals surface area contributed by atoms with E-state index in [4.69, 9.17) is 0 Å². The van der Waals surface area contributed by atoms with E-state index in [1.807, 2.05) is 0 Å². The minimum Gasteiger partial charge on any atom is -0.157 e. The molecule has 0 amide bonds. The van der Waals surface area contributed by atoms with E-state index in [0.29, 0.717) is 0 Å². The van der Waals surface area contributed by atoms with Gasteiger partial charge < -0.3 is 0 Å². The van der Waals surface area contributed by atoms with Crippen LogP contribution < -0.4 is 0 Å². The van der Waals surface area contributed by atoms with Gasteiger partial charge in [-0.3, -0.25) is 0 Å². The third-order valence-electron chi connectivity index (χ3n) is 3.94. The fourth-order valence-electron chi connectivity index (χ4n) is 2.69. The largest absolute Gasteiger partial charge is 0.157 e. The molecule has 3 rings (SSSR count). The van der Waals surface area contributed by atoms with E-state index in [0.717, 1.165) is 21.2 Å². The van der Waals surface area contributed by atoms with Crippen molar-refractivity contribution in [3.8, 4) is 0 Å². The molecule has 0 N–H and O–H groups in total. The molecule has 3 aliphatic rings. The van der Waals surface area contributed by atoms with Crippen LogP contribution in [-0.4, -0.2) is 33.0 Å². The molecule has 0 aromatic heterocycles. The number of hydrogen-bond acceptors (Lipinski definition) is 3. The molecule has 0 bridgehead atoms. The Morgan fingerprint density at radius 1 is 0.867 bits per heavy atom. The highest BCUT2D eigenvalue weighted by Crippen LogP contribution is 2.53. The van der Waals surface area contributed by atoms with Crippen LogP contribution in [0.4, 0.5) is 0 Å². The molecule has 15 heavy (non-hydrogen) atoms. The van der Waals surface area contributed by atoms with Gasteiger partial charge in [0, 0.05) is 33.0 Å². The lowest BCUT2D eigenvalue weighted by molar-refractivity contribution is 0.223. The van der Waals surface area contributed by atoms with Crippen molar-refractivity contribution in [2.45, 2.75) is 48.4 Å². The first-order valence-electron chi connectivity index (χ1n) is 6.14. The molecule has 3 aliphatic heterocycles. The minimum atomic E-state index is 0.733. The van der Waals surface area contributed by atoms with E-state index in [2.05, 4.69) is 42.2 Å². The average molecular weight is 260 g/mol. The quantitative estimate of drug-likeness (QED) is 0.637. The molecule has 0 aromatic carbocycles. The first-order chi connectivity index (χ1) is 7.30. The van der Waals surface area contributed by atoms with Crippen molar-refractivity contribution < 1.29 is 0 Å². The van der Waals surface area contributed by atoms with Gasteiger partial charge in [-0.2, -0.15) is 35.3 Å². The number of thioether (sulfide) groups is 3. The van der Waals surface area contributed by atoms with Crippen molar-refractivity contribution in [3.63, 3.8) is 0 Å².